The van der Waals surface area contributed by atoms with Crippen LogP contribution in [-0.2, 0) is 10.0 Å². The topological polar surface area (TPSA) is 65.9 Å². The summed E-state index contributed by atoms with van der Waals surface area (Å²) in [5.74, 6) is 0.535. The molecule has 0 aliphatic carbocycles. The minimum Gasteiger partial charge on any atom is -0.263 e. The van der Waals surface area contributed by atoms with Gasteiger partial charge in [0.2, 0.25) is 0 Å². The second-order valence-corrected chi connectivity index (χ2v) is 7.54. The van der Waals surface area contributed by atoms with Crippen molar-refractivity contribution in [3.63, 3.8) is 0 Å². The Kier molecular flexibility index (Phi) is 2.84. The predicted molar refractivity (Wildman–Crippen MR) is 79.5 cm³/mol. The van der Waals surface area contributed by atoms with Gasteiger partial charge in [0.05, 0.1) is 5.69 Å². The zero-order valence-electron chi connectivity index (χ0n) is 11.9. The third-order valence-electron chi connectivity index (χ3n) is 4.71. The van der Waals surface area contributed by atoms with E-state index in [1.807, 2.05) is 5.01 Å². The molecule has 0 saturated carbocycles. The highest BCUT2D eigenvalue weighted by atomic mass is 32.2. The molecule has 112 valence electrons. The Bertz CT molecular complexity index is 699. The number of nitrogens with zero attached hydrogens (tertiary/aromatic N) is 4. The summed E-state index contributed by atoms with van der Waals surface area (Å²) >= 11 is 0. The molecule has 2 unspecified atom stereocenters. The molecule has 2 fully saturated rings. The summed E-state index contributed by atoms with van der Waals surface area (Å²) in [5, 5.41) is 4.37. The molecule has 7 heteroatoms. The third-order valence-corrected chi connectivity index (χ3v) is 6.09. The summed E-state index contributed by atoms with van der Waals surface area (Å²) < 4.78 is 28.4. The third kappa shape index (κ3) is 1.91. The number of hydrogen-bond acceptors (Lipinski definition) is 5. The van der Waals surface area contributed by atoms with Crippen molar-refractivity contribution in [2.75, 3.05) is 5.01 Å². The normalized spacial score (nSPS) is 30.9. The molecule has 0 amide bonds. The Balaban J connectivity index is 1.86. The molecular formula is C14H18N4O2S. The van der Waals surface area contributed by atoms with Crippen LogP contribution < -0.4 is 5.01 Å². The van der Waals surface area contributed by atoms with E-state index < -0.39 is 10.0 Å². The number of pyridine rings is 1. The van der Waals surface area contributed by atoms with E-state index in [2.05, 4.69) is 14.4 Å². The van der Waals surface area contributed by atoms with E-state index in [0.717, 1.165) is 0 Å². The zero-order valence-corrected chi connectivity index (χ0v) is 12.8. The Morgan fingerprint density at radius 1 is 1.19 bits per heavy atom. The first kappa shape index (κ1) is 13.2. The van der Waals surface area contributed by atoms with Crippen LogP contribution in [0.25, 0.3) is 0 Å². The average molecular weight is 306 g/mol. The number of fused-ring (bicyclic) bond motifs is 3. The molecule has 3 aliphatic heterocycles. The molecule has 0 spiro atoms. The number of sulfonamides is 1. The molecule has 0 radical (unpaired) electrons. The SMILES string of the molecule is CC1=NS(=O)(=O)c2cnccc2N1N1C2CCCC1CC2. The number of piperidine rings is 1. The van der Waals surface area contributed by atoms with Crippen molar-refractivity contribution >= 4 is 21.5 Å². The maximum Gasteiger partial charge on any atom is 0.287 e. The molecule has 3 aliphatic rings. The van der Waals surface area contributed by atoms with Gasteiger partial charge in [0, 0.05) is 24.5 Å². The lowest BCUT2D eigenvalue weighted by Gasteiger charge is -2.44. The van der Waals surface area contributed by atoms with E-state index in [-0.39, 0.29) is 4.90 Å². The van der Waals surface area contributed by atoms with E-state index in [1.54, 1.807) is 19.2 Å². The average Bonchev–Trinajstić information content (AvgIpc) is 2.69. The van der Waals surface area contributed by atoms with Crippen LogP contribution in [0.4, 0.5) is 5.69 Å². The van der Waals surface area contributed by atoms with Gasteiger partial charge in [-0.15, -0.1) is 4.40 Å². The Morgan fingerprint density at radius 2 is 1.90 bits per heavy atom. The van der Waals surface area contributed by atoms with Crippen LogP contribution in [0.5, 0.6) is 0 Å². The summed E-state index contributed by atoms with van der Waals surface area (Å²) in [5.41, 5.74) is 0.691. The Labute approximate surface area is 124 Å². The van der Waals surface area contributed by atoms with Crippen molar-refractivity contribution in [2.45, 2.75) is 56.0 Å². The largest absolute Gasteiger partial charge is 0.287 e. The fraction of sp³-hybridized carbons (Fsp3) is 0.571. The molecule has 4 rings (SSSR count). The van der Waals surface area contributed by atoms with Gasteiger partial charge in [0.15, 0.2) is 0 Å². The number of hydrazine groups is 1. The lowest BCUT2D eigenvalue weighted by Crippen LogP contribution is -2.55. The van der Waals surface area contributed by atoms with Crippen LogP contribution in [0.1, 0.15) is 39.0 Å². The van der Waals surface area contributed by atoms with Crippen LogP contribution in [0, 0.1) is 0 Å². The second kappa shape index (κ2) is 4.51. The molecule has 2 atom stereocenters. The van der Waals surface area contributed by atoms with Crippen LogP contribution in [0.15, 0.2) is 27.8 Å². The molecular weight excluding hydrogens is 288 g/mol. The van der Waals surface area contributed by atoms with Crippen LogP contribution in [0.2, 0.25) is 0 Å². The van der Waals surface area contributed by atoms with Gasteiger partial charge in [-0.1, -0.05) is 6.42 Å². The van der Waals surface area contributed by atoms with Gasteiger partial charge in [0.25, 0.3) is 10.0 Å². The molecule has 2 bridgehead atoms. The smallest absolute Gasteiger partial charge is 0.263 e. The highest BCUT2D eigenvalue weighted by molar-refractivity contribution is 7.90. The van der Waals surface area contributed by atoms with Crippen molar-refractivity contribution in [1.29, 1.82) is 0 Å². The summed E-state index contributed by atoms with van der Waals surface area (Å²) in [4.78, 5) is 4.17. The van der Waals surface area contributed by atoms with Crippen molar-refractivity contribution in [2.24, 2.45) is 4.40 Å². The summed E-state index contributed by atoms with van der Waals surface area (Å²) in [6.45, 7) is 1.77. The maximum atomic E-state index is 12.2. The molecule has 2 saturated heterocycles. The quantitative estimate of drug-likeness (QED) is 0.793. The highest BCUT2D eigenvalue weighted by Crippen LogP contribution is 2.41. The minimum absolute atomic E-state index is 0.209. The van der Waals surface area contributed by atoms with E-state index in [0.29, 0.717) is 23.6 Å². The van der Waals surface area contributed by atoms with Gasteiger partial charge < -0.3 is 0 Å². The van der Waals surface area contributed by atoms with Crippen molar-refractivity contribution < 1.29 is 8.42 Å². The fourth-order valence-corrected chi connectivity index (χ4v) is 5.03. The molecule has 1 aromatic rings. The molecule has 6 nitrogen and oxygen atoms in total. The number of rotatable bonds is 1. The molecule has 1 aromatic heterocycles. The lowest BCUT2D eigenvalue weighted by molar-refractivity contribution is 0.145. The van der Waals surface area contributed by atoms with Crippen molar-refractivity contribution in [1.82, 2.24) is 9.99 Å². The van der Waals surface area contributed by atoms with Crippen molar-refractivity contribution in [3.05, 3.63) is 18.5 Å². The molecule has 4 heterocycles. The fourth-order valence-electron chi connectivity index (χ4n) is 3.89. The monoisotopic (exact) mass is 306 g/mol. The Hall–Kier alpha value is -1.47. The van der Waals surface area contributed by atoms with Gasteiger partial charge in [-0.05, 0) is 38.7 Å². The zero-order chi connectivity index (χ0) is 14.6. The van der Waals surface area contributed by atoms with Gasteiger partial charge in [-0.2, -0.15) is 8.42 Å². The predicted octanol–water partition coefficient (Wildman–Crippen LogP) is 1.94. The first-order valence-electron chi connectivity index (χ1n) is 7.42. The summed E-state index contributed by atoms with van der Waals surface area (Å²) in [6, 6.07) is 2.77. The lowest BCUT2D eigenvalue weighted by atomic mass is 10.0. The van der Waals surface area contributed by atoms with Crippen molar-refractivity contribution in [3.8, 4) is 0 Å². The number of aromatic nitrogens is 1. The number of anilines is 1. The summed E-state index contributed by atoms with van der Waals surface area (Å²) in [6.07, 6.45) is 9.02. The maximum absolute atomic E-state index is 12.2. The van der Waals surface area contributed by atoms with Gasteiger partial charge in [-0.25, -0.2) is 5.01 Å². The van der Waals surface area contributed by atoms with Crippen LogP contribution in [0.3, 0.4) is 0 Å². The van der Waals surface area contributed by atoms with E-state index in [4.69, 9.17) is 0 Å². The van der Waals surface area contributed by atoms with Crippen LogP contribution >= 0.6 is 0 Å². The van der Waals surface area contributed by atoms with E-state index in [1.165, 1.54) is 38.3 Å². The number of hydrogen-bond donors (Lipinski definition) is 0. The first-order chi connectivity index (χ1) is 10.1. The van der Waals surface area contributed by atoms with Gasteiger partial charge >= 0.3 is 0 Å². The van der Waals surface area contributed by atoms with E-state index in [9.17, 15) is 8.42 Å². The number of amidine groups is 1. The highest BCUT2D eigenvalue weighted by Gasteiger charge is 2.43. The summed E-state index contributed by atoms with van der Waals surface area (Å²) in [7, 11) is -3.62. The molecule has 0 aromatic carbocycles. The van der Waals surface area contributed by atoms with Crippen LogP contribution in [-0.4, -0.2) is 36.3 Å². The Morgan fingerprint density at radius 3 is 2.62 bits per heavy atom. The minimum atomic E-state index is -3.62. The van der Waals surface area contributed by atoms with Gasteiger partial charge in [-0.3, -0.25) is 9.99 Å². The molecule has 21 heavy (non-hydrogen) atoms. The van der Waals surface area contributed by atoms with Gasteiger partial charge in [0.1, 0.15) is 10.7 Å². The standard InChI is InChI=1S/C14H18N4O2S/c1-10-16-21(19,20)14-9-15-8-7-13(14)17(10)18-11-3-2-4-12(18)6-5-11/h7-9,11-12H,2-6H2,1H3. The molecule has 0 N–H and O–H groups in total. The van der Waals surface area contributed by atoms with E-state index >= 15 is 0 Å². The first-order valence-corrected chi connectivity index (χ1v) is 8.86. The second-order valence-electron chi connectivity index (χ2n) is 5.96.